The Balaban J connectivity index is 2.68. The second-order valence-corrected chi connectivity index (χ2v) is 3.94. The predicted molar refractivity (Wildman–Crippen MR) is 51.3 cm³/mol. The molecule has 0 atom stereocenters. The van der Waals surface area contributed by atoms with Crippen molar-refractivity contribution in [2.24, 2.45) is 0 Å². The third-order valence-electron chi connectivity index (χ3n) is 1.36. The second-order valence-electron chi connectivity index (χ2n) is 2.95. The SMILES string of the molecule is Cc1cc(C)nc(SC[B-](F)(F)F)n1. The lowest BCUT2D eigenvalue weighted by Gasteiger charge is -2.11. The van der Waals surface area contributed by atoms with Gasteiger partial charge in [-0.25, -0.2) is 9.97 Å². The van der Waals surface area contributed by atoms with Crippen molar-refractivity contribution in [1.82, 2.24) is 9.97 Å². The van der Waals surface area contributed by atoms with E-state index in [9.17, 15) is 12.9 Å². The molecular formula is C7H9BF3N2S-. The van der Waals surface area contributed by atoms with Gasteiger partial charge in [-0.15, -0.1) is 11.8 Å². The molecule has 0 amide bonds. The fourth-order valence-electron chi connectivity index (χ4n) is 0.927. The molecule has 0 N–H and O–H groups in total. The minimum atomic E-state index is -4.77. The molecule has 1 aromatic heterocycles. The van der Waals surface area contributed by atoms with Crippen LogP contribution in [0.4, 0.5) is 12.9 Å². The summed E-state index contributed by atoms with van der Waals surface area (Å²) in [5.74, 6) is 0. The van der Waals surface area contributed by atoms with Gasteiger partial charge in [0, 0.05) is 11.4 Å². The van der Waals surface area contributed by atoms with Gasteiger partial charge in [-0.05, 0) is 25.6 Å². The van der Waals surface area contributed by atoms with Gasteiger partial charge in [0.05, 0.1) is 0 Å². The topological polar surface area (TPSA) is 25.8 Å². The van der Waals surface area contributed by atoms with Crippen LogP contribution in [0.3, 0.4) is 0 Å². The van der Waals surface area contributed by atoms with Crippen LogP contribution in [0.5, 0.6) is 0 Å². The fourth-order valence-corrected chi connectivity index (χ4v) is 1.68. The van der Waals surface area contributed by atoms with Gasteiger partial charge in [0.15, 0.2) is 5.16 Å². The number of aryl methyl sites for hydroxylation is 2. The van der Waals surface area contributed by atoms with Gasteiger partial charge >= 0.3 is 6.98 Å². The Kier molecular flexibility index (Phi) is 3.41. The van der Waals surface area contributed by atoms with Crippen molar-refractivity contribution < 1.29 is 12.9 Å². The van der Waals surface area contributed by atoms with E-state index in [0.29, 0.717) is 23.1 Å². The van der Waals surface area contributed by atoms with E-state index in [0.717, 1.165) is 0 Å². The van der Waals surface area contributed by atoms with Crippen molar-refractivity contribution in [2.45, 2.75) is 19.0 Å². The molecule has 0 bridgehead atoms. The maximum atomic E-state index is 11.9. The van der Waals surface area contributed by atoms with Crippen LogP contribution in [0.2, 0.25) is 0 Å². The molecule has 2 nitrogen and oxygen atoms in total. The molecule has 0 unspecified atom stereocenters. The molecule has 78 valence electrons. The smallest absolute Gasteiger partial charge is 0.448 e. The van der Waals surface area contributed by atoms with Crippen LogP contribution in [0.25, 0.3) is 0 Å². The first kappa shape index (κ1) is 11.4. The van der Waals surface area contributed by atoms with Crippen molar-refractivity contribution in [1.29, 1.82) is 0 Å². The highest BCUT2D eigenvalue weighted by Gasteiger charge is 2.23. The van der Waals surface area contributed by atoms with Crippen molar-refractivity contribution in [3.63, 3.8) is 0 Å². The van der Waals surface area contributed by atoms with Crippen molar-refractivity contribution in [2.75, 3.05) is 5.65 Å². The molecule has 0 aliphatic carbocycles. The Morgan fingerprint density at radius 2 is 1.71 bits per heavy atom. The lowest BCUT2D eigenvalue weighted by Crippen LogP contribution is -2.19. The standard InChI is InChI=1S/C7H9BF3N2S/c1-5-3-6(2)13-7(12-5)14-4-8(9,10)11/h3H,4H2,1-2H3/q-1. The molecule has 14 heavy (non-hydrogen) atoms. The molecule has 0 spiro atoms. The average molecular weight is 221 g/mol. The van der Waals surface area contributed by atoms with E-state index < -0.39 is 12.6 Å². The zero-order valence-corrected chi connectivity index (χ0v) is 8.61. The number of aromatic nitrogens is 2. The van der Waals surface area contributed by atoms with Gasteiger partial charge in [0.2, 0.25) is 0 Å². The Hall–Kier alpha value is -0.715. The molecule has 0 saturated heterocycles. The molecule has 7 heteroatoms. The number of hydrogen-bond acceptors (Lipinski definition) is 3. The van der Waals surface area contributed by atoms with Gasteiger partial charge in [-0.3, -0.25) is 0 Å². The summed E-state index contributed by atoms with van der Waals surface area (Å²) in [5.41, 5.74) is 0.493. The summed E-state index contributed by atoms with van der Waals surface area (Å²) >= 11 is 0.636. The van der Waals surface area contributed by atoms with Gasteiger partial charge in [-0.2, -0.15) is 0 Å². The lowest BCUT2D eigenvalue weighted by molar-refractivity contribution is 0.485. The molecular weight excluding hydrogens is 212 g/mol. The summed E-state index contributed by atoms with van der Waals surface area (Å²) in [5, 5.41) is 0.196. The first-order valence-corrected chi connectivity index (χ1v) is 5.01. The predicted octanol–water partition coefficient (Wildman–Crippen LogP) is 2.57. The van der Waals surface area contributed by atoms with Crippen LogP contribution in [-0.4, -0.2) is 22.6 Å². The van der Waals surface area contributed by atoms with Gasteiger partial charge in [-0.1, -0.05) is 0 Å². The summed E-state index contributed by atoms with van der Waals surface area (Å²) in [7, 11) is 0. The number of hydrogen-bond donors (Lipinski definition) is 0. The minimum absolute atomic E-state index is 0.196. The van der Waals surface area contributed by atoms with E-state index in [-0.39, 0.29) is 5.16 Å². The molecule has 0 aliphatic rings. The molecule has 0 aromatic carbocycles. The molecule has 1 rings (SSSR count). The van der Waals surface area contributed by atoms with Crippen LogP contribution < -0.4 is 0 Å². The van der Waals surface area contributed by atoms with Crippen LogP contribution in [-0.2, 0) is 0 Å². The quantitative estimate of drug-likeness (QED) is 0.445. The van der Waals surface area contributed by atoms with E-state index in [4.69, 9.17) is 0 Å². The average Bonchev–Trinajstić information content (AvgIpc) is 1.97. The van der Waals surface area contributed by atoms with Gasteiger partial charge < -0.3 is 12.9 Å². The summed E-state index contributed by atoms with van der Waals surface area (Å²) < 4.78 is 35.8. The zero-order valence-electron chi connectivity index (χ0n) is 7.80. The highest BCUT2D eigenvalue weighted by Crippen LogP contribution is 2.21. The molecule has 0 saturated carbocycles. The van der Waals surface area contributed by atoms with E-state index in [1.807, 2.05) is 0 Å². The lowest BCUT2D eigenvalue weighted by atomic mass is 9.98. The van der Waals surface area contributed by atoms with E-state index >= 15 is 0 Å². The molecule has 0 aliphatic heterocycles. The van der Waals surface area contributed by atoms with Crippen LogP contribution in [0, 0.1) is 13.8 Å². The first-order chi connectivity index (χ1) is 6.37. The number of nitrogens with zero attached hydrogens (tertiary/aromatic N) is 2. The van der Waals surface area contributed by atoms with Crippen molar-refractivity contribution in [3.8, 4) is 0 Å². The van der Waals surface area contributed by atoms with Crippen LogP contribution >= 0.6 is 11.8 Å². The monoisotopic (exact) mass is 221 g/mol. The Morgan fingerprint density at radius 3 is 2.14 bits per heavy atom. The highest BCUT2D eigenvalue weighted by molar-refractivity contribution is 8.00. The minimum Gasteiger partial charge on any atom is -0.448 e. The third kappa shape index (κ3) is 4.00. The molecule has 0 radical (unpaired) electrons. The first-order valence-electron chi connectivity index (χ1n) is 4.03. The Morgan fingerprint density at radius 1 is 1.21 bits per heavy atom. The van der Waals surface area contributed by atoms with E-state index in [2.05, 4.69) is 9.97 Å². The fraction of sp³-hybridized carbons (Fsp3) is 0.429. The molecule has 1 aromatic rings. The maximum absolute atomic E-state index is 11.9. The highest BCUT2D eigenvalue weighted by atomic mass is 32.2. The Bertz CT molecular complexity index is 309. The number of rotatable bonds is 3. The van der Waals surface area contributed by atoms with Gasteiger partial charge in [0.1, 0.15) is 0 Å². The molecule has 0 fully saturated rings. The summed E-state index contributed by atoms with van der Waals surface area (Å²) in [4.78, 5) is 7.80. The van der Waals surface area contributed by atoms with E-state index in [1.54, 1.807) is 19.9 Å². The largest absolute Gasteiger partial charge is 0.488 e. The van der Waals surface area contributed by atoms with Crippen molar-refractivity contribution in [3.05, 3.63) is 17.5 Å². The Labute approximate surface area is 84.4 Å². The van der Waals surface area contributed by atoms with Crippen molar-refractivity contribution >= 4 is 18.7 Å². The van der Waals surface area contributed by atoms with Crippen LogP contribution in [0.1, 0.15) is 11.4 Å². The van der Waals surface area contributed by atoms with Crippen LogP contribution in [0.15, 0.2) is 11.2 Å². The van der Waals surface area contributed by atoms with E-state index in [1.165, 1.54) is 0 Å². The third-order valence-corrected chi connectivity index (χ3v) is 2.35. The summed E-state index contributed by atoms with van der Waals surface area (Å²) in [6.07, 6.45) is 0. The summed E-state index contributed by atoms with van der Waals surface area (Å²) in [6.45, 7) is -1.30. The number of halogens is 3. The molecule has 1 heterocycles. The zero-order chi connectivity index (χ0) is 10.8. The normalized spacial score (nSPS) is 11.8. The second kappa shape index (κ2) is 4.21. The van der Waals surface area contributed by atoms with Gasteiger partial charge in [0.25, 0.3) is 0 Å². The summed E-state index contributed by atoms with van der Waals surface area (Å²) in [6, 6.07) is 1.72. The maximum Gasteiger partial charge on any atom is 0.488 e. The number of thioether (sulfide) groups is 1.